The number of carboxylic acids is 1. The Hall–Kier alpha value is -1.51. The van der Waals surface area contributed by atoms with Crippen molar-refractivity contribution in [3.63, 3.8) is 0 Å². The number of benzene rings is 1. The molecule has 28 heavy (non-hydrogen) atoms. The lowest BCUT2D eigenvalue weighted by Crippen LogP contribution is -2.10. The second kappa shape index (κ2) is 16.4. The van der Waals surface area contributed by atoms with Gasteiger partial charge in [0.25, 0.3) is 0 Å². The number of rotatable bonds is 18. The first-order valence-corrected chi connectivity index (χ1v) is 11.6. The van der Waals surface area contributed by atoms with Gasteiger partial charge in [0.2, 0.25) is 0 Å². The zero-order valence-electron chi connectivity index (χ0n) is 18.3. The topological polar surface area (TPSA) is 46.5 Å². The van der Waals surface area contributed by atoms with Gasteiger partial charge in [0.15, 0.2) is 6.61 Å². The first-order valence-electron chi connectivity index (χ1n) is 11.6. The Morgan fingerprint density at radius 1 is 0.821 bits per heavy atom. The number of carbonyl (C=O) groups is 1. The summed E-state index contributed by atoms with van der Waals surface area (Å²) >= 11 is 0. The van der Waals surface area contributed by atoms with E-state index in [4.69, 9.17) is 9.84 Å². The lowest BCUT2D eigenvalue weighted by Gasteiger charge is -2.11. The van der Waals surface area contributed by atoms with E-state index in [0.717, 1.165) is 24.2 Å². The molecule has 0 aromatic heterocycles. The predicted molar refractivity (Wildman–Crippen MR) is 118 cm³/mol. The number of hydrogen-bond acceptors (Lipinski definition) is 2. The van der Waals surface area contributed by atoms with Crippen molar-refractivity contribution in [1.29, 1.82) is 0 Å². The number of aryl methyl sites for hydroxylation is 2. The number of carboxylic acid groups (broad SMARTS) is 1. The van der Waals surface area contributed by atoms with E-state index < -0.39 is 5.97 Å². The molecule has 0 aliphatic heterocycles. The molecule has 0 spiro atoms. The fourth-order valence-electron chi connectivity index (χ4n) is 3.69. The molecule has 0 radical (unpaired) electrons. The van der Waals surface area contributed by atoms with Gasteiger partial charge >= 0.3 is 5.97 Å². The SMILES string of the molecule is CCCCCCCCCCCCCCCCc1cc(C)ccc1OCC(=O)O. The molecule has 0 aliphatic rings. The molecular weight excluding hydrogens is 348 g/mol. The van der Waals surface area contributed by atoms with Gasteiger partial charge in [-0.1, -0.05) is 108 Å². The van der Waals surface area contributed by atoms with Crippen molar-refractivity contribution >= 4 is 5.97 Å². The minimum Gasteiger partial charge on any atom is -0.482 e. The van der Waals surface area contributed by atoms with Crippen LogP contribution in [0.4, 0.5) is 0 Å². The van der Waals surface area contributed by atoms with Crippen molar-refractivity contribution in [2.75, 3.05) is 6.61 Å². The molecule has 1 aromatic carbocycles. The quantitative estimate of drug-likeness (QED) is 0.264. The van der Waals surface area contributed by atoms with Crippen LogP contribution in [0, 0.1) is 6.92 Å². The van der Waals surface area contributed by atoms with E-state index >= 15 is 0 Å². The molecule has 0 aliphatic carbocycles. The van der Waals surface area contributed by atoms with Crippen LogP contribution in [0.1, 0.15) is 108 Å². The average molecular weight is 391 g/mol. The first kappa shape index (κ1) is 24.5. The predicted octanol–water partition coefficient (Wildman–Crippen LogP) is 7.48. The lowest BCUT2D eigenvalue weighted by atomic mass is 10.0. The minimum atomic E-state index is -0.928. The summed E-state index contributed by atoms with van der Waals surface area (Å²) < 4.78 is 5.42. The average Bonchev–Trinajstić information content (AvgIpc) is 2.67. The molecule has 160 valence electrons. The molecule has 1 N–H and O–H groups in total. The molecule has 0 atom stereocenters. The van der Waals surface area contributed by atoms with Crippen LogP contribution in [0.15, 0.2) is 18.2 Å². The number of ether oxygens (including phenoxy) is 1. The van der Waals surface area contributed by atoms with Crippen molar-refractivity contribution < 1.29 is 14.6 Å². The summed E-state index contributed by atoms with van der Waals surface area (Å²) in [7, 11) is 0. The van der Waals surface area contributed by atoms with Crippen molar-refractivity contribution in [1.82, 2.24) is 0 Å². The van der Waals surface area contributed by atoms with E-state index in [2.05, 4.69) is 19.9 Å². The summed E-state index contributed by atoms with van der Waals surface area (Å²) in [6, 6.07) is 6.00. The highest BCUT2D eigenvalue weighted by atomic mass is 16.5. The summed E-state index contributed by atoms with van der Waals surface area (Å²) in [4.78, 5) is 10.7. The normalized spacial score (nSPS) is 10.9. The third-order valence-electron chi connectivity index (χ3n) is 5.37. The Balaban J connectivity index is 2.02. The van der Waals surface area contributed by atoms with Crippen LogP contribution < -0.4 is 4.74 Å². The maximum atomic E-state index is 10.7. The zero-order valence-corrected chi connectivity index (χ0v) is 18.3. The van der Waals surface area contributed by atoms with Crippen LogP contribution in [0.2, 0.25) is 0 Å². The molecule has 1 rings (SSSR count). The molecule has 0 amide bonds. The summed E-state index contributed by atoms with van der Waals surface area (Å²) in [5, 5.41) is 8.80. The molecule has 0 saturated carbocycles. The first-order chi connectivity index (χ1) is 13.6. The molecule has 3 heteroatoms. The van der Waals surface area contributed by atoms with Crippen molar-refractivity contribution in [2.45, 2.75) is 110 Å². The van der Waals surface area contributed by atoms with Gasteiger partial charge in [0, 0.05) is 0 Å². The van der Waals surface area contributed by atoms with Gasteiger partial charge in [-0.05, 0) is 31.4 Å². The highest BCUT2D eigenvalue weighted by molar-refractivity contribution is 5.68. The van der Waals surface area contributed by atoms with Gasteiger partial charge in [-0.15, -0.1) is 0 Å². The Kier molecular flexibility index (Phi) is 14.4. The monoisotopic (exact) mass is 390 g/mol. The standard InChI is InChI=1S/C25H42O3/c1-3-4-5-6-7-8-9-10-11-12-13-14-15-16-17-23-20-22(2)18-19-24(23)28-21-25(26)27/h18-20H,3-17,21H2,1-2H3,(H,26,27). The van der Waals surface area contributed by atoms with E-state index in [1.807, 2.05) is 12.1 Å². The molecule has 1 aromatic rings. The van der Waals surface area contributed by atoms with E-state index in [1.54, 1.807) is 0 Å². The van der Waals surface area contributed by atoms with Crippen LogP contribution in [0.5, 0.6) is 5.75 Å². The van der Waals surface area contributed by atoms with Gasteiger partial charge in [0.1, 0.15) is 5.75 Å². The van der Waals surface area contributed by atoms with E-state index in [9.17, 15) is 4.79 Å². The highest BCUT2D eigenvalue weighted by Gasteiger charge is 2.06. The highest BCUT2D eigenvalue weighted by Crippen LogP contribution is 2.23. The van der Waals surface area contributed by atoms with E-state index in [1.165, 1.54) is 89.0 Å². The molecule has 0 heterocycles. The second-order valence-corrected chi connectivity index (χ2v) is 8.14. The van der Waals surface area contributed by atoms with Crippen LogP contribution in [0.25, 0.3) is 0 Å². The summed E-state index contributed by atoms with van der Waals surface area (Å²) in [6.07, 6.45) is 20.0. The summed E-state index contributed by atoms with van der Waals surface area (Å²) in [5.41, 5.74) is 2.34. The molecule has 0 unspecified atom stereocenters. The third kappa shape index (κ3) is 12.8. The number of hydrogen-bond donors (Lipinski definition) is 1. The van der Waals surface area contributed by atoms with Crippen LogP contribution in [0.3, 0.4) is 0 Å². The van der Waals surface area contributed by atoms with Crippen molar-refractivity contribution in [3.05, 3.63) is 29.3 Å². The van der Waals surface area contributed by atoms with Gasteiger partial charge in [-0.2, -0.15) is 0 Å². The lowest BCUT2D eigenvalue weighted by molar-refractivity contribution is -0.139. The van der Waals surface area contributed by atoms with Crippen LogP contribution in [-0.4, -0.2) is 17.7 Å². The molecule has 3 nitrogen and oxygen atoms in total. The second-order valence-electron chi connectivity index (χ2n) is 8.14. The number of unbranched alkanes of at least 4 members (excludes halogenated alkanes) is 13. The summed E-state index contributed by atoms with van der Waals surface area (Å²) in [5.74, 6) is -0.203. The maximum Gasteiger partial charge on any atom is 0.341 e. The fourth-order valence-corrected chi connectivity index (χ4v) is 3.69. The van der Waals surface area contributed by atoms with Gasteiger partial charge in [-0.25, -0.2) is 4.79 Å². The van der Waals surface area contributed by atoms with Gasteiger partial charge in [-0.3, -0.25) is 0 Å². The van der Waals surface area contributed by atoms with E-state index in [-0.39, 0.29) is 6.61 Å². The maximum absolute atomic E-state index is 10.7. The molecular formula is C25H42O3. The Morgan fingerprint density at radius 2 is 1.32 bits per heavy atom. The van der Waals surface area contributed by atoms with E-state index in [0.29, 0.717) is 0 Å². The fraction of sp³-hybridized carbons (Fsp3) is 0.720. The van der Waals surface area contributed by atoms with Gasteiger partial charge < -0.3 is 9.84 Å². The minimum absolute atomic E-state index is 0.269. The Labute approximate surface area is 172 Å². The smallest absolute Gasteiger partial charge is 0.341 e. The third-order valence-corrected chi connectivity index (χ3v) is 5.37. The van der Waals surface area contributed by atoms with Crippen molar-refractivity contribution in [3.8, 4) is 5.75 Å². The van der Waals surface area contributed by atoms with Crippen molar-refractivity contribution in [2.24, 2.45) is 0 Å². The molecule has 0 fully saturated rings. The van der Waals surface area contributed by atoms with Crippen LogP contribution in [-0.2, 0) is 11.2 Å². The Morgan fingerprint density at radius 3 is 1.82 bits per heavy atom. The largest absolute Gasteiger partial charge is 0.482 e. The Bertz CT molecular complexity index is 525. The molecule has 0 bridgehead atoms. The van der Waals surface area contributed by atoms with Gasteiger partial charge in [0.05, 0.1) is 0 Å². The zero-order chi connectivity index (χ0) is 20.5. The number of aliphatic carboxylic acids is 1. The van der Waals surface area contributed by atoms with Crippen LogP contribution >= 0.6 is 0 Å². The summed E-state index contributed by atoms with van der Waals surface area (Å²) in [6.45, 7) is 4.07. The molecule has 0 saturated heterocycles.